The Hall–Kier alpha value is -3.93. The molecule has 3 amide bonds. The average molecular weight is 400 g/mol. The summed E-state index contributed by atoms with van der Waals surface area (Å²) in [6.45, 7) is 2.27. The van der Waals surface area contributed by atoms with Crippen LogP contribution in [0.25, 0.3) is 0 Å². The Kier molecular flexibility index (Phi) is 5.06. The number of methoxy groups -OCH3 is 1. The molecule has 0 saturated carbocycles. The Bertz CT molecular complexity index is 1130. The van der Waals surface area contributed by atoms with Crippen LogP contribution in [0.3, 0.4) is 0 Å². The molecule has 6 heteroatoms. The Morgan fingerprint density at radius 2 is 1.57 bits per heavy atom. The first-order valence-electron chi connectivity index (χ1n) is 9.48. The minimum absolute atomic E-state index is 0.234. The van der Waals surface area contributed by atoms with Gasteiger partial charge in [-0.25, -0.2) is 4.90 Å². The number of nitrogens with one attached hydrogen (secondary N) is 1. The molecule has 0 atom stereocenters. The van der Waals surface area contributed by atoms with Crippen molar-refractivity contribution in [1.82, 2.24) is 5.32 Å². The number of fused-ring (bicyclic) bond motifs is 1. The fourth-order valence-corrected chi connectivity index (χ4v) is 3.34. The lowest BCUT2D eigenvalue weighted by Gasteiger charge is -2.13. The SMILES string of the molecule is COc1ccc(CNC(=O)c2ccc3c(c2)C(=O)N(c2ccc(C)cc2)C3=O)cc1. The van der Waals surface area contributed by atoms with Gasteiger partial charge >= 0.3 is 0 Å². The third-order valence-electron chi connectivity index (χ3n) is 5.05. The van der Waals surface area contributed by atoms with Gasteiger partial charge in [0.1, 0.15) is 5.75 Å². The molecule has 0 bridgehead atoms. The van der Waals surface area contributed by atoms with E-state index in [9.17, 15) is 14.4 Å². The number of ether oxygens (including phenoxy) is 1. The molecule has 0 unspecified atom stereocenters. The van der Waals surface area contributed by atoms with Gasteiger partial charge in [-0.1, -0.05) is 29.8 Å². The number of hydrogen-bond acceptors (Lipinski definition) is 4. The summed E-state index contributed by atoms with van der Waals surface area (Å²) in [5.41, 5.74) is 3.32. The van der Waals surface area contributed by atoms with E-state index in [-0.39, 0.29) is 17.4 Å². The van der Waals surface area contributed by atoms with Crippen LogP contribution < -0.4 is 15.0 Å². The maximum absolute atomic E-state index is 12.9. The van der Waals surface area contributed by atoms with Gasteiger partial charge in [0.2, 0.25) is 0 Å². The molecule has 0 aliphatic carbocycles. The molecule has 150 valence electrons. The molecule has 30 heavy (non-hydrogen) atoms. The van der Waals surface area contributed by atoms with Gasteiger partial charge in [0.15, 0.2) is 0 Å². The summed E-state index contributed by atoms with van der Waals surface area (Å²) in [6.07, 6.45) is 0. The zero-order valence-corrected chi connectivity index (χ0v) is 16.6. The van der Waals surface area contributed by atoms with Crippen molar-refractivity contribution in [3.05, 3.63) is 94.5 Å². The van der Waals surface area contributed by atoms with Gasteiger partial charge < -0.3 is 10.1 Å². The Balaban J connectivity index is 1.51. The lowest BCUT2D eigenvalue weighted by Crippen LogP contribution is -2.29. The van der Waals surface area contributed by atoms with Gasteiger partial charge in [-0.15, -0.1) is 0 Å². The van der Waals surface area contributed by atoms with Gasteiger partial charge in [-0.05, 0) is 55.0 Å². The highest BCUT2D eigenvalue weighted by atomic mass is 16.5. The lowest BCUT2D eigenvalue weighted by molar-refractivity contribution is 0.0923. The van der Waals surface area contributed by atoms with E-state index in [1.165, 1.54) is 12.1 Å². The zero-order chi connectivity index (χ0) is 21.3. The molecule has 0 spiro atoms. The van der Waals surface area contributed by atoms with E-state index >= 15 is 0 Å². The van der Waals surface area contributed by atoms with Crippen molar-refractivity contribution in [3.63, 3.8) is 0 Å². The van der Waals surface area contributed by atoms with Gasteiger partial charge in [0, 0.05) is 12.1 Å². The van der Waals surface area contributed by atoms with E-state index in [0.717, 1.165) is 21.8 Å². The number of carbonyl (C=O) groups excluding carboxylic acids is 3. The highest BCUT2D eigenvalue weighted by Crippen LogP contribution is 2.29. The second kappa shape index (κ2) is 7.83. The number of carbonyl (C=O) groups is 3. The van der Waals surface area contributed by atoms with Crippen molar-refractivity contribution in [2.24, 2.45) is 0 Å². The summed E-state index contributed by atoms with van der Waals surface area (Å²) < 4.78 is 5.12. The van der Waals surface area contributed by atoms with Crippen LogP contribution in [0.15, 0.2) is 66.7 Å². The van der Waals surface area contributed by atoms with Gasteiger partial charge in [0.25, 0.3) is 17.7 Å². The van der Waals surface area contributed by atoms with E-state index in [4.69, 9.17) is 4.74 Å². The molecule has 3 aromatic rings. The van der Waals surface area contributed by atoms with Crippen LogP contribution in [0.4, 0.5) is 5.69 Å². The van der Waals surface area contributed by atoms with Crippen LogP contribution in [-0.4, -0.2) is 24.8 Å². The normalized spacial score (nSPS) is 12.7. The Morgan fingerprint density at radius 1 is 0.900 bits per heavy atom. The molecule has 0 saturated heterocycles. The van der Waals surface area contributed by atoms with Crippen LogP contribution in [0.1, 0.15) is 42.2 Å². The summed E-state index contributed by atoms with van der Waals surface area (Å²) in [5, 5.41) is 2.83. The Morgan fingerprint density at radius 3 is 2.23 bits per heavy atom. The van der Waals surface area contributed by atoms with Crippen molar-refractivity contribution >= 4 is 23.4 Å². The van der Waals surface area contributed by atoms with Crippen molar-refractivity contribution in [2.45, 2.75) is 13.5 Å². The first-order chi connectivity index (χ1) is 14.5. The van der Waals surface area contributed by atoms with Gasteiger partial charge in [0.05, 0.1) is 23.9 Å². The number of hydrogen-bond donors (Lipinski definition) is 1. The number of amides is 3. The van der Waals surface area contributed by atoms with E-state index in [1.54, 1.807) is 25.3 Å². The molecular weight excluding hydrogens is 380 g/mol. The van der Waals surface area contributed by atoms with Crippen molar-refractivity contribution in [2.75, 3.05) is 12.0 Å². The Labute approximate surface area is 174 Å². The van der Waals surface area contributed by atoms with Crippen LogP contribution in [0, 0.1) is 6.92 Å². The first-order valence-corrected chi connectivity index (χ1v) is 9.48. The van der Waals surface area contributed by atoms with Crippen LogP contribution in [0.2, 0.25) is 0 Å². The van der Waals surface area contributed by atoms with Gasteiger partial charge in [-0.3, -0.25) is 14.4 Å². The summed E-state index contributed by atoms with van der Waals surface area (Å²) in [7, 11) is 1.59. The number of imide groups is 1. The molecule has 6 nitrogen and oxygen atoms in total. The molecule has 1 heterocycles. The van der Waals surface area contributed by atoms with E-state index in [0.29, 0.717) is 23.4 Å². The highest BCUT2D eigenvalue weighted by molar-refractivity contribution is 6.34. The second-order valence-corrected chi connectivity index (χ2v) is 7.07. The number of benzene rings is 3. The molecule has 1 aliphatic heterocycles. The summed E-state index contributed by atoms with van der Waals surface area (Å²) >= 11 is 0. The molecule has 0 radical (unpaired) electrons. The van der Waals surface area contributed by atoms with Crippen LogP contribution >= 0.6 is 0 Å². The van der Waals surface area contributed by atoms with Crippen molar-refractivity contribution in [1.29, 1.82) is 0 Å². The van der Waals surface area contributed by atoms with E-state index in [2.05, 4.69) is 5.32 Å². The lowest BCUT2D eigenvalue weighted by atomic mass is 10.1. The first kappa shape index (κ1) is 19.4. The largest absolute Gasteiger partial charge is 0.497 e. The topological polar surface area (TPSA) is 75.7 Å². The number of rotatable bonds is 5. The smallest absolute Gasteiger partial charge is 0.266 e. The summed E-state index contributed by atoms with van der Waals surface area (Å²) in [4.78, 5) is 39.3. The molecule has 3 aromatic carbocycles. The summed E-state index contributed by atoms with van der Waals surface area (Å²) in [6, 6.07) is 19.1. The van der Waals surface area contributed by atoms with E-state index < -0.39 is 5.91 Å². The average Bonchev–Trinajstić information content (AvgIpc) is 3.02. The second-order valence-electron chi connectivity index (χ2n) is 7.07. The number of nitrogens with zero attached hydrogens (tertiary/aromatic N) is 1. The minimum atomic E-state index is -0.427. The predicted molar refractivity (Wildman–Crippen MR) is 113 cm³/mol. The molecule has 1 N–H and O–H groups in total. The molecule has 1 aliphatic rings. The van der Waals surface area contributed by atoms with Crippen molar-refractivity contribution in [3.8, 4) is 5.75 Å². The fraction of sp³-hybridized carbons (Fsp3) is 0.125. The number of aryl methyl sites for hydroxylation is 1. The highest BCUT2D eigenvalue weighted by Gasteiger charge is 2.37. The third-order valence-corrected chi connectivity index (χ3v) is 5.05. The molecule has 4 rings (SSSR count). The standard InChI is InChI=1S/C24H20N2O4/c1-15-3-8-18(9-4-15)26-23(28)20-12-7-17(13-21(20)24(26)29)22(27)25-14-16-5-10-19(30-2)11-6-16/h3-13H,14H2,1-2H3,(H,25,27). The number of anilines is 1. The predicted octanol–water partition coefficient (Wildman–Crippen LogP) is 3.73. The zero-order valence-electron chi connectivity index (χ0n) is 16.6. The molecular formula is C24H20N2O4. The molecule has 0 aromatic heterocycles. The summed E-state index contributed by atoms with van der Waals surface area (Å²) in [5.74, 6) is -0.389. The van der Waals surface area contributed by atoms with E-state index in [1.807, 2.05) is 43.3 Å². The third kappa shape index (κ3) is 3.55. The molecule has 0 fully saturated rings. The van der Waals surface area contributed by atoms with Crippen LogP contribution in [0.5, 0.6) is 5.75 Å². The fourth-order valence-electron chi connectivity index (χ4n) is 3.34. The van der Waals surface area contributed by atoms with Gasteiger partial charge in [-0.2, -0.15) is 0 Å². The maximum Gasteiger partial charge on any atom is 0.266 e. The van der Waals surface area contributed by atoms with Crippen molar-refractivity contribution < 1.29 is 19.1 Å². The monoisotopic (exact) mass is 400 g/mol. The quantitative estimate of drug-likeness (QED) is 0.662. The maximum atomic E-state index is 12.9. The minimum Gasteiger partial charge on any atom is -0.497 e. The van der Waals surface area contributed by atoms with Crippen LogP contribution in [-0.2, 0) is 6.54 Å².